The van der Waals surface area contributed by atoms with Crippen LogP contribution in [0.15, 0.2) is 0 Å². The maximum absolute atomic E-state index is 12.3. The fourth-order valence-corrected chi connectivity index (χ4v) is 4.77. The highest BCUT2D eigenvalue weighted by molar-refractivity contribution is 5.87. The molecule has 4 bridgehead atoms. The first-order chi connectivity index (χ1) is 8.07. The highest BCUT2D eigenvalue weighted by atomic mass is 16.5. The van der Waals surface area contributed by atoms with Gasteiger partial charge in [-0.3, -0.25) is 9.59 Å². The first-order valence-electron chi connectivity index (χ1n) is 6.74. The number of esters is 1. The molecule has 4 aliphatic carbocycles. The maximum atomic E-state index is 12.3. The van der Waals surface area contributed by atoms with E-state index in [0.717, 1.165) is 37.0 Å². The average molecular weight is 236 g/mol. The summed E-state index contributed by atoms with van der Waals surface area (Å²) in [7, 11) is 0. The second kappa shape index (κ2) is 3.82. The van der Waals surface area contributed by atoms with Gasteiger partial charge < -0.3 is 4.74 Å². The third-order valence-electron chi connectivity index (χ3n) is 5.04. The van der Waals surface area contributed by atoms with Gasteiger partial charge in [-0.15, -0.1) is 0 Å². The molecule has 0 radical (unpaired) electrons. The van der Waals surface area contributed by atoms with Gasteiger partial charge in [-0.25, -0.2) is 0 Å². The van der Waals surface area contributed by atoms with Crippen LogP contribution < -0.4 is 0 Å². The Bertz CT molecular complexity index is 323. The average Bonchev–Trinajstić information content (AvgIpc) is 2.23. The van der Waals surface area contributed by atoms with Crippen molar-refractivity contribution >= 4 is 11.8 Å². The lowest BCUT2D eigenvalue weighted by molar-refractivity contribution is -0.156. The summed E-state index contributed by atoms with van der Waals surface area (Å²) in [6.45, 7) is 1.37. The standard InChI is InChI=1S/C14H20O3/c1-9(15)17-8-13(16)14-5-10-2-11(6-14)4-12(3-10)7-14/h10-12H,2-8H2,1H3. The van der Waals surface area contributed by atoms with Gasteiger partial charge in [-0.1, -0.05) is 0 Å². The molecule has 4 rings (SSSR count). The van der Waals surface area contributed by atoms with Crippen molar-refractivity contribution in [2.24, 2.45) is 23.2 Å². The van der Waals surface area contributed by atoms with Gasteiger partial charge >= 0.3 is 5.97 Å². The summed E-state index contributed by atoms with van der Waals surface area (Å²) < 4.78 is 4.90. The van der Waals surface area contributed by atoms with Gasteiger partial charge in [-0.05, 0) is 56.3 Å². The highest BCUT2D eigenvalue weighted by Gasteiger charge is 2.54. The van der Waals surface area contributed by atoms with Gasteiger partial charge in [0.2, 0.25) is 0 Å². The fraction of sp³-hybridized carbons (Fsp3) is 0.857. The molecule has 17 heavy (non-hydrogen) atoms. The highest BCUT2D eigenvalue weighted by Crippen LogP contribution is 2.60. The molecule has 0 aliphatic heterocycles. The van der Waals surface area contributed by atoms with Gasteiger partial charge in [0.1, 0.15) is 0 Å². The number of ketones is 1. The predicted molar refractivity (Wildman–Crippen MR) is 62.2 cm³/mol. The van der Waals surface area contributed by atoms with Gasteiger partial charge in [0, 0.05) is 12.3 Å². The Hall–Kier alpha value is -0.860. The number of Topliss-reactive ketones (excluding diaryl/α,β-unsaturated/α-hetero) is 1. The molecule has 0 aromatic rings. The maximum Gasteiger partial charge on any atom is 0.303 e. The number of hydrogen-bond donors (Lipinski definition) is 0. The van der Waals surface area contributed by atoms with Crippen LogP contribution in [0.2, 0.25) is 0 Å². The Morgan fingerprint density at radius 2 is 1.53 bits per heavy atom. The Kier molecular flexibility index (Phi) is 2.53. The van der Waals surface area contributed by atoms with E-state index < -0.39 is 0 Å². The van der Waals surface area contributed by atoms with Crippen LogP contribution in [0.4, 0.5) is 0 Å². The monoisotopic (exact) mass is 236 g/mol. The van der Waals surface area contributed by atoms with E-state index in [9.17, 15) is 9.59 Å². The molecule has 0 atom stereocenters. The molecule has 4 aliphatic rings. The minimum absolute atomic E-state index is 0.00148. The van der Waals surface area contributed by atoms with Gasteiger partial charge in [0.25, 0.3) is 0 Å². The fourth-order valence-electron chi connectivity index (χ4n) is 4.77. The number of carbonyl (C=O) groups is 2. The van der Waals surface area contributed by atoms with E-state index in [2.05, 4.69) is 0 Å². The van der Waals surface area contributed by atoms with E-state index >= 15 is 0 Å². The second-order valence-corrected chi connectivity index (χ2v) is 6.40. The molecule has 0 aromatic carbocycles. The molecule has 94 valence electrons. The van der Waals surface area contributed by atoms with Crippen molar-refractivity contribution in [3.05, 3.63) is 0 Å². The zero-order chi connectivity index (χ0) is 12.0. The summed E-state index contributed by atoms with van der Waals surface area (Å²) in [4.78, 5) is 23.1. The van der Waals surface area contributed by atoms with Crippen LogP contribution in [0.25, 0.3) is 0 Å². The zero-order valence-corrected chi connectivity index (χ0v) is 10.4. The van der Waals surface area contributed by atoms with E-state index in [-0.39, 0.29) is 23.8 Å². The van der Waals surface area contributed by atoms with E-state index in [0.29, 0.717) is 0 Å². The molecule has 0 amide bonds. The summed E-state index contributed by atoms with van der Waals surface area (Å²) in [5, 5.41) is 0. The van der Waals surface area contributed by atoms with Crippen molar-refractivity contribution in [2.45, 2.75) is 45.4 Å². The third-order valence-corrected chi connectivity index (χ3v) is 5.04. The summed E-state index contributed by atoms with van der Waals surface area (Å²) in [6, 6.07) is 0. The van der Waals surface area contributed by atoms with Crippen LogP contribution in [0.5, 0.6) is 0 Å². The number of rotatable bonds is 3. The molecule has 0 heterocycles. The van der Waals surface area contributed by atoms with E-state index in [1.807, 2.05) is 0 Å². The van der Waals surface area contributed by atoms with Crippen LogP contribution >= 0.6 is 0 Å². The summed E-state index contributed by atoms with van der Waals surface area (Å²) in [5.74, 6) is 2.14. The van der Waals surface area contributed by atoms with Gasteiger partial charge in [0.15, 0.2) is 12.4 Å². The van der Waals surface area contributed by atoms with E-state index in [1.54, 1.807) is 0 Å². The van der Waals surface area contributed by atoms with Crippen LogP contribution in [-0.4, -0.2) is 18.4 Å². The molecule has 0 saturated heterocycles. The van der Waals surface area contributed by atoms with Crippen molar-refractivity contribution in [1.82, 2.24) is 0 Å². The molecule has 3 nitrogen and oxygen atoms in total. The molecule has 0 spiro atoms. The summed E-state index contributed by atoms with van der Waals surface area (Å²) in [6.07, 6.45) is 7.16. The Morgan fingerprint density at radius 1 is 1.06 bits per heavy atom. The Labute approximate surface area is 102 Å². The Morgan fingerprint density at radius 3 is 1.94 bits per heavy atom. The first kappa shape index (κ1) is 11.2. The number of hydrogen-bond acceptors (Lipinski definition) is 3. The van der Waals surface area contributed by atoms with Gasteiger partial charge in [-0.2, -0.15) is 0 Å². The van der Waals surface area contributed by atoms with Crippen LogP contribution in [0.3, 0.4) is 0 Å². The van der Waals surface area contributed by atoms with Crippen molar-refractivity contribution in [1.29, 1.82) is 0 Å². The topological polar surface area (TPSA) is 43.4 Å². The quantitative estimate of drug-likeness (QED) is 0.706. The number of carbonyl (C=O) groups excluding carboxylic acids is 2. The van der Waals surface area contributed by atoms with E-state index in [1.165, 1.54) is 26.2 Å². The minimum atomic E-state index is -0.344. The molecule has 3 heteroatoms. The molecular formula is C14H20O3. The zero-order valence-electron chi connectivity index (χ0n) is 10.4. The molecule has 0 unspecified atom stereocenters. The molecule has 4 saturated carbocycles. The van der Waals surface area contributed by atoms with Gasteiger partial charge in [0.05, 0.1) is 0 Å². The SMILES string of the molecule is CC(=O)OCC(=O)C12CC3CC(CC(C3)C1)C2. The van der Waals surface area contributed by atoms with Crippen molar-refractivity contribution in [2.75, 3.05) is 6.61 Å². The normalized spacial score (nSPS) is 42.5. The summed E-state index contributed by atoms with van der Waals surface area (Å²) >= 11 is 0. The lowest BCUT2D eigenvalue weighted by Gasteiger charge is -2.55. The predicted octanol–water partition coefficient (Wildman–Crippen LogP) is 2.33. The van der Waals surface area contributed by atoms with Crippen LogP contribution in [0, 0.1) is 23.2 Å². The summed E-state index contributed by atoms with van der Waals surface area (Å²) in [5.41, 5.74) is -0.121. The second-order valence-electron chi connectivity index (χ2n) is 6.40. The lowest BCUT2D eigenvalue weighted by Crippen LogP contribution is -2.51. The molecule has 4 fully saturated rings. The number of ether oxygens (including phenoxy) is 1. The molecule has 0 N–H and O–H groups in total. The molecule has 0 aromatic heterocycles. The van der Waals surface area contributed by atoms with Crippen molar-refractivity contribution in [3.8, 4) is 0 Å². The van der Waals surface area contributed by atoms with Crippen molar-refractivity contribution < 1.29 is 14.3 Å². The third kappa shape index (κ3) is 1.90. The van der Waals surface area contributed by atoms with Crippen LogP contribution in [0.1, 0.15) is 45.4 Å². The largest absolute Gasteiger partial charge is 0.458 e. The van der Waals surface area contributed by atoms with E-state index in [4.69, 9.17) is 4.74 Å². The lowest BCUT2D eigenvalue weighted by atomic mass is 9.48. The minimum Gasteiger partial charge on any atom is -0.458 e. The first-order valence-corrected chi connectivity index (χ1v) is 6.74. The van der Waals surface area contributed by atoms with Crippen LogP contribution in [-0.2, 0) is 14.3 Å². The molecular weight excluding hydrogens is 216 g/mol. The smallest absolute Gasteiger partial charge is 0.303 e. The van der Waals surface area contributed by atoms with Crippen molar-refractivity contribution in [3.63, 3.8) is 0 Å². The Balaban J connectivity index is 1.73.